The number of imide groups is 1. The normalized spacial score (nSPS) is 15.3. The highest BCUT2D eigenvalue weighted by atomic mass is 16.6. The Labute approximate surface area is 204 Å². The molecule has 35 heavy (non-hydrogen) atoms. The lowest BCUT2D eigenvalue weighted by Crippen LogP contribution is -2.49. The summed E-state index contributed by atoms with van der Waals surface area (Å²) in [6.45, 7) is 4.03. The molecule has 1 saturated heterocycles. The molecular weight excluding hydrogens is 452 g/mol. The highest BCUT2D eigenvalue weighted by Crippen LogP contribution is 2.32. The van der Waals surface area contributed by atoms with Gasteiger partial charge < -0.3 is 24.4 Å². The molecule has 10 nitrogen and oxygen atoms in total. The number of hydrogen-bond donors (Lipinski definition) is 2. The molecule has 2 aromatic carbocycles. The van der Waals surface area contributed by atoms with E-state index in [4.69, 9.17) is 14.2 Å². The molecule has 0 atom stereocenters. The highest BCUT2D eigenvalue weighted by molar-refractivity contribution is 6.01. The van der Waals surface area contributed by atoms with Crippen molar-refractivity contribution < 1.29 is 28.6 Å². The van der Waals surface area contributed by atoms with Crippen LogP contribution in [0.15, 0.2) is 42.5 Å². The SMILES string of the molecule is COc1cccc(CC(=O)N2CCN(CCC(=O)NC(=O)Nc3ccc4c(c3)OCCO4)CC2)c1. The summed E-state index contributed by atoms with van der Waals surface area (Å²) in [7, 11) is 1.60. The van der Waals surface area contributed by atoms with Crippen molar-refractivity contribution in [2.45, 2.75) is 12.8 Å². The minimum atomic E-state index is -0.598. The minimum absolute atomic E-state index is 0.0754. The summed E-state index contributed by atoms with van der Waals surface area (Å²) in [5.41, 5.74) is 1.43. The molecule has 2 aliphatic rings. The van der Waals surface area contributed by atoms with Crippen molar-refractivity contribution in [3.63, 3.8) is 0 Å². The lowest BCUT2D eigenvalue weighted by Gasteiger charge is -2.34. The summed E-state index contributed by atoms with van der Waals surface area (Å²) < 4.78 is 16.2. The second-order valence-corrected chi connectivity index (χ2v) is 8.36. The van der Waals surface area contributed by atoms with Crippen molar-refractivity contribution in [3.8, 4) is 17.2 Å². The Hall–Kier alpha value is -3.79. The smallest absolute Gasteiger partial charge is 0.325 e. The van der Waals surface area contributed by atoms with Gasteiger partial charge in [-0.1, -0.05) is 12.1 Å². The van der Waals surface area contributed by atoms with Crippen molar-refractivity contribution in [2.75, 3.05) is 58.4 Å². The molecule has 0 aliphatic carbocycles. The summed E-state index contributed by atoms with van der Waals surface area (Å²) in [5, 5.41) is 4.98. The second kappa shape index (κ2) is 11.6. The number of nitrogens with one attached hydrogen (secondary N) is 2. The zero-order valence-corrected chi connectivity index (χ0v) is 19.7. The van der Waals surface area contributed by atoms with Crippen LogP contribution in [0.3, 0.4) is 0 Å². The van der Waals surface area contributed by atoms with Crippen molar-refractivity contribution in [2.24, 2.45) is 0 Å². The first kappa shape index (κ1) is 24.3. The summed E-state index contributed by atoms with van der Waals surface area (Å²) in [6, 6.07) is 12.0. The van der Waals surface area contributed by atoms with Crippen molar-refractivity contribution >= 4 is 23.5 Å². The minimum Gasteiger partial charge on any atom is -0.497 e. The Morgan fingerprint density at radius 2 is 1.74 bits per heavy atom. The molecule has 2 aliphatic heterocycles. The summed E-state index contributed by atoms with van der Waals surface area (Å²) in [4.78, 5) is 41.0. The number of urea groups is 1. The second-order valence-electron chi connectivity index (χ2n) is 8.36. The van der Waals surface area contributed by atoms with Crippen LogP contribution in [0.5, 0.6) is 17.2 Å². The van der Waals surface area contributed by atoms with Crippen LogP contribution in [-0.4, -0.2) is 80.7 Å². The van der Waals surface area contributed by atoms with E-state index >= 15 is 0 Å². The number of benzene rings is 2. The maximum Gasteiger partial charge on any atom is 0.325 e. The van der Waals surface area contributed by atoms with E-state index in [0.717, 1.165) is 11.3 Å². The number of amides is 4. The number of hydrogen-bond acceptors (Lipinski definition) is 7. The van der Waals surface area contributed by atoms with Gasteiger partial charge in [0.2, 0.25) is 11.8 Å². The van der Waals surface area contributed by atoms with Gasteiger partial charge in [0.25, 0.3) is 0 Å². The quantitative estimate of drug-likeness (QED) is 0.620. The molecular formula is C25H30N4O6. The van der Waals surface area contributed by atoms with Gasteiger partial charge in [-0.25, -0.2) is 4.79 Å². The lowest BCUT2D eigenvalue weighted by atomic mass is 10.1. The molecule has 186 valence electrons. The fraction of sp³-hybridized carbons (Fsp3) is 0.400. The van der Waals surface area contributed by atoms with E-state index in [1.165, 1.54) is 0 Å². The molecule has 0 spiro atoms. The third-order valence-corrected chi connectivity index (χ3v) is 5.92. The van der Waals surface area contributed by atoms with E-state index in [-0.39, 0.29) is 18.2 Å². The van der Waals surface area contributed by atoms with Crippen molar-refractivity contribution in [1.82, 2.24) is 15.1 Å². The fourth-order valence-electron chi connectivity index (χ4n) is 4.02. The van der Waals surface area contributed by atoms with Crippen LogP contribution < -0.4 is 24.8 Å². The zero-order chi connectivity index (χ0) is 24.6. The Morgan fingerprint density at radius 3 is 2.51 bits per heavy atom. The Bertz CT molecular complexity index is 1070. The Kier molecular flexibility index (Phi) is 8.04. The highest BCUT2D eigenvalue weighted by Gasteiger charge is 2.22. The maximum absolute atomic E-state index is 12.6. The first-order valence-corrected chi connectivity index (χ1v) is 11.6. The zero-order valence-electron chi connectivity index (χ0n) is 19.7. The van der Waals surface area contributed by atoms with Gasteiger partial charge in [-0.15, -0.1) is 0 Å². The predicted octanol–water partition coefficient (Wildman–Crippen LogP) is 1.89. The molecule has 2 aromatic rings. The molecule has 2 heterocycles. The van der Waals surface area contributed by atoms with Gasteiger partial charge in [0, 0.05) is 50.9 Å². The number of methoxy groups -OCH3 is 1. The maximum atomic E-state index is 12.6. The topological polar surface area (TPSA) is 109 Å². The van der Waals surface area contributed by atoms with Crippen LogP contribution in [0.2, 0.25) is 0 Å². The van der Waals surface area contributed by atoms with Crippen LogP contribution in [0.25, 0.3) is 0 Å². The van der Waals surface area contributed by atoms with Crippen LogP contribution in [0.4, 0.5) is 10.5 Å². The molecule has 1 fully saturated rings. The first-order chi connectivity index (χ1) is 17.0. The average Bonchev–Trinajstić information content (AvgIpc) is 2.87. The first-order valence-electron chi connectivity index (χ1n) is 11.6. The largest absolute Gasteiger partial charge is 0.497 e. The van der Waals surface area contributed by atoms with Gasteiger partial charge >= 0.3 is 6.03 Å². The van der Waals surface area contributed by atoms with Gasteiger partial charge in [0.1, 0.15) is 19.0 Å². The fourth-order valence-corrected chi connectivity index (χ4v) is 4.02. The van der Waals surface area contributed by atoms with E-state index in [9.17, 15) is 14.4 Å². The van der Waals surface area contributed by atoms with Crippen molar-refractivity contribution in [3.05, 3.63) is 48.0 Å². The van der Waals surface area contributed by atoms with Crippen LogP contribution in [-0.2, 0) is 16.0 Å². The molecule has 0 bridgehead atoms. The van der Waals surface area contributed by atoms with Gasteiger partial charge in [-0.05, 0) is 29.8 Å². The number of piperazine rings is 1. The summed E-state index contributed by atoms with van der Waals surface area (Å²) in [6.07, 6.45) is 0.518. The molecule has 2 N–H and O–H groups in total. The molecule has 0 aromatic heterocycles. The van der Waals surface area contributed by atoms with Gasteiger partial charge in [0.05, 0.1) is 13.5 Å². The van der Waals surface area contributed by atoms with Crippen LogP contribution in [0, 0.1) is 0 Å². The van der Waals surface area contributed by atoms with E-state index in [2.05, 4.69) is 15.5 Å². The number of rotatable bonds is 7. The third kappa shape index (κ3) is 6.86. The van der Waals surface area contributed by atoms with E-state index in [0.29, 0.717) is 69.5 Å². The number of fused-ring (bicyclic) bond motifs is 1. The van der Waals surface area contributed by atoms with Crippen LogP contribution >= 0.6 is 0 Å². The summed E-state index contributed by atoms with van der Waals surface area (Å²) >= 11 is 0. The number of nitrogens with zero attached hydrogens (tertiary/aromatic N) is 2. The molecule has 4 rings (SSSR count). The molecule has 10 heteroatoms. The standard InChI is InChI=1S/C25H30N4O6/c1-33-20-4-2-3-18(15-20)16-24(31)29-11-9-28(10-12-29)8-7-23(30)27-25(32)26-19-5-6-21-22(17-19)35-14-13-34-21/h2-6,15,17H,7-14,16H2,1H3,(H2,26,27,30,32). The predicted molar refractivity (Wildman–Crippen MR) is 129 cm³/mol. The Morgan fingerprint density at radius 1 is 0.971 bits per heavy atom. The van der Waals surface area contributed by atoms with E-state index < -0.39 is 6.03 Å². The van der Waals surface area contributed by atoms with Gasteiger partial charge in [-0.3, -0.25) is 19.8 Å². The third-order valence-electron chi connectivity index (χ3n) is 5.92. The molecule has 0 unspecified atom stereocenters. The lowest BCUT2D eigenvalue weighted by molar-refractivity contribution is -0.132. The number of carbonyl (C=O) groups is 3. The average molecular weight is 483 g/mol. The Balaban J connectivity index is 1.15. The molecule has 0 radical (unpaired) electrons. The monoisotopic (exact) mass is 482 g/mol. The van der Waals surface area contributed by atoms with Gasteiger partial charge in [0.15, 0.2) is 11.5 Å². The van der Waals surface area contributed by atoms with Gasteiger partial charge in [-0.2, -0.15) is 0 Å². The number of anilines is 1. The molecule has 0 saturated carbocycles. The van der Waals surface area contributed by atoms with Crippen LogP contribution in [0.1, 0.15) is 12.0 Å². The number of ether oxygens (including phenoxy) is 3. The molecule has 4 amide bonds. The summed E-state index contributed by atoms with van der Waals surface area (Å²) in [5.74, 6) is 1.63. The van der Waals surface area contributed by atoms with Crippen molar-refractivity contribution in [1.29, 1.82) is 0 Å². The van der Waals surface area contributed by atoms with E-state index in [1.807, 2.05) is 29.2 Å². The van der Waals surface area contributed by atoms with E-state index in [1.54, 1.807) is 25.3 Å². The number of carbonyl (C=O) groups excluding carboxylic acids is 3.